The third-order valence-corrected chi connectivity index (χ3v) is 4.23. The van der Waals surface area contributed by atoms with Crippen molar-refractivity contribution in [2.75, 3.05) is 13.1 Å². The molecule has 0 atom stereocenters. The van der Waals surface area contributed by atoms with Crippen LogP contribution in [-0.2, 0) is 12.7 Å². The smallest absolute Gasteiger partial charge is 0.299 e. The summed E-state index contributed by atoms with van der Waals surface area (Å²) in [6, 6.07) is 7.74. The number of hydrogen-bond donors (Lipinski definition) is 0. The van der Waals surface area contributed by atoms with Crippen LogP contribution >= 0.6 is 0 Å². The highest BCUT2D eigenvalue weighted by Gasteiger charge is 2.32. The highest BCUT2D eigenvalue weighted by molar-refractivity contribution is 5.25. The fourth-order valence-corrected chi connectivity index (χ4v) is 2.72. The van der Waals surface area contributed by atoms with E-state index in [0.717, 1.165) is 32.0 Å². The van der Waals surface area contributed by atoms with Gasteiger partial charge in [-0.15, -0.1) is 0 Å². The van der Waals surface area contributed by atoms with Crippen molar-refractivity contribution in [1.82, 2.24) is 4.90 Å². The van der Waals surface area contributed by atoms with E-state index >= 15 is 0 Å². The molecule has 1 aliphatic rings. The molecule has 1 saturated heterocycles. The lowest BCUT2D eigenvalue weighted by molar-refractivity contribution is -0.137. The fourth-order valence-electron chi connectivity index (χ4n) is 2.72. The Morgan fingerprint density at radius 1 is 1.29 bits per heavy atom. The zero-order valence-electron chi connectivity index (χ0n) is 12.1. The summed E-state index contributed by atoms with van der Waals surface area (Å²) in [6.07, 6.45) is -1.91. The van der Waals surface area contributed by atoms with E-state index in [1.54, 1.807) is 6.07 Å². The van der Waals surface area contributed by atoms with Gasteiger partial charge in [0.2, 0.25) is 0 Å². The normalized spacial score (nSPS) is 19.2. The van der Waals surface area contributed by atoms with Crippen molar-refractivity contribution in [1.29, 1.82) is 5.26 Å². The van der Waals surface area contributed by atoms with Gasteiger partial charge in [0.25, 0.3) is 0 Å². The van der Waals surface area contributed by atoms with Gasteiger partial charge in [0.1, 0.15) is 0 Å². The van der Waals surface area contributed by atoms with Crippen LogP contribution in [-0.4, -0.2) is 18.0 Å². The first kappa shape index (κ1) is 15.8. The first-order valence-corrected chi connectivity index (χ1v) is 7.08. The lowest BCUT2D eigenvalue weighted by Crippen LogP contribution is -2.38. The molecule has 2 rings (SSSR count). The third-order valence-electron chi connectivity index (χ3n) is 4.23. The van der Waals surface area contributed by atoms with Crippen molar-refractivity contribution in [2.45, 2.75) is 38.9 Å². The molecule has 0 bridgehead atoms. The molecule has 0 N–H and O–H groups in total. The number of rotatable bonds is 3. The lowest BCUT2D eigenvalue weighted by atomic mass is 9.78. The standard InChI is InChI=1S/C16H19F3N2/c1-15(5-8-20)6-9-21(10-7-15)12-13-3-2-4-14(11-13)16(17,18)19/h2-4,11H,5-7,9-10,12H2,1H3. The van der Waals surface area contributed by atoms with Crippen LogP contribution in [0, 0.1) is 16.7 Å². The minimum absolute atomic E-state index is 0.0546. The van der Waals surface area contributed by atoms with Crippen LogP contribution in [0.1, 0.15) is 37.3 Å². The number of likely N-dealkylation sites (tertiary alicyclic amines) is 1. The number of nitrogens with zero attached hydrogens (tertiary/aromatic N) is 2. The number of nitriles is 1. The van der Waals surface area contributed by atoms with Crippen LogP contribution in [0.25, 0.3) is 0 Å². The second-order valence-corrected chi connectivity index (χ2v) is 6.12. The van der Waals surface area contributed by atoms with Crippen molar-refractivity contribution in [3.63, 3.8) is 0 Å². The van der Waals surface area contributed by atoms with E-state index in [-0.39, 0.29) is 5.41 Å². The van der Waals surface area contributed by atoms with Crippen LogP contribution in [0.2, 0.25) is 0 Å². The summed E-state index contributed by atoms with van der Waals surface area (Å²) in [7, 11) is 0. The molecule has 5 heteroatoms. The Balaban J connectivity index is 1.97. The van der Waals surface area contributed by atoms with Crippen molar-refractivity contribution in [3.8, 4) is 6.07 Å². The number of hydrogen-bond acceptors (Lipinski definition) is 2. The summed E-state index contributed by atoms with van der Waals surface area (Å²) in [5.41, 5.74) is 0.152. The molecular formula is C16H19F3N2. The molecule has 0 amide bonds. The first-order chi connectivity index (χ1) is 9.82. The molecular weight excluding hydrogens is 277 g/mol. The van der Waals surface area contributed by atoms with Gasteiger partial charge in [-0.3, -0.25) is 4.90 Å². The molecule has 1 aromatic rings. The maximum absolute atomic E-state index is 12.7. The Morgan fingerprint density at radius 2 is 1.95 bits per heavy atom. The zero-order chi connectivity index (χ0) is 15.5. The van der Waals surface area contributed by atoms with Crippen LogP contribution in [0.4, 0.5) is 13.2 Å². The molecule has 0 unspecified atom stereocenters. The predicted molar refractivity (Wildman–Crippen MR) is 74.3 cm³/mol. The minimum Gasteiger partial charge on any atom is -0.299 e. The second kappa shape index (κ2) is 6.07. The molecule has 0 aliphatic carbocycles. The van der Waals surface area contributed by atoms with Crippen LogP contribution in [0.3, 0.4) is 0 Å². The van der Waals surface area contributed by atoms with E-state index < -0.39 is 11.7 Å². The molecule has 1 aromatic carbocycles. The number of alkyl halides is 3. The average molecular weight is 296 g/mol. The first-order valence-electron chi connectivity index (χ1n) is 7.08. The summed E-state index contributed by atoms with van der Waals surface area (Å²) in [5, 5.41) is 8.82. The summed E-state index contributed by atoms with van der Waals surface area (Å²) >= 11 is 0. The molecule has 21 heavy (non-hydrogen) atoms. The number of halogens is 3. The number of benzene rings is 1. The van der Waals surface area contributed by atoms with Crippen LogP contribution in [0.5, 0.6) is 0 Å². The summed E-state index contributed by atoms with van der Waals surface area (Å²) in [5.74, 6) is 0. The topological polar surface area (TPSA) is 27.0 Å². The second-order valence-electron chi connectivity index (χ2n) is 6.12. The molecule has 0 saturated carbocycles. The zero-order valence-corrected chi connectivity index (χ0v) is 12.1. The average Bonchev–Trinajstić information content (AvgIpc) is 2.41. The molecule has 0 radical (unpaired) electrons. The molecule has 0 aromatic heterocycles. The van der Waals surface area contributed by atoms with Crippen molar-refractivity contribution in [3.05, 3.63) is 35.4 Å². The maximum atomic E-state index is 12.7. The Hall–Kier alpha value is -1.54. The molecule has 0 spiro atoms. The fraction of sp³-hybridized carbons (Fsp3) is 0.562. The largest absolute Gasteiger partial charge is 0.416 e. The van der Waals surface area contributed by atoms with Crippen molar-refractivity contribution >= 4 is 0 Å². The van der Waals surface area contributed by atoms with Gasteiger partial charge in [0.05, 0.1) is 11.6 Å². The summed E-state index contributed by atoms with van der Waals surface area (Å²) < 4.78 is 38.1. The van der Waals surface area contributed by atoms with Crippen molar-refractivity contribution < 1.29 is 13.2 Å². The predicted octanol–water partition coefficient (Wildman–Crippen LogP) is 4.22. The highest BCUT2D eigenvalue weighted by atomic mass is 19.4. The minimum atomic E-state index is -4.29. The monoisotopic (exact) mass is 296 g/mol. The van der Waals surface area contributed by atoms with E-state index in [0.29, 0.717) is 18.5 Å². The quantitative estimate of drug-likeness (QED) is 0.835. The number of piperidine rings is 1. The van der Waals surface area contributed by atoms with Crippen molar-refractivity contribution in [2.24, 2.45) is 5.41 Å². The SMILES string of the molecule is CC1(CC#N)CCN(Cc2cccc(C(F)(F)F)c2)CC1. The Kier molecular flexibility index (Phi) is 4.58. The third kappa shape index (κ3) is 4.21. The van der Waals surface area contributed by atoms with Gasteiger partial charge >= 0.3 is 6.18 Å². The van der Waals surface area contributed by atoms with E-state index in [1.807, 2.05) is 0 Å². The molecule has 1 fully saturated rings. The van der Waals surface area contributed by atoms with Gasteiger partial charge in [-0.2, -0.15) is 18.4 Å². The van der Waals surface area contributed by atoms with Gasteiger partial charge in [0.15, 0.2) is 0 Å². The lowest BCUT2D eigenvalue weighted by Gasteiger charge is -2.38. The van der Waals surface area contributed by atoms with Gasteiger partial charge < -0.3 is 0 Å². The maximum Gasteiger partial charge on any atom is 0.416 e. The van der Waals surface area contributed by atoms with Gasteiger partial charge in [-0.05, 0) is 43.0 Å². The molecule has 2 nitrogen and oxygen atoms in total. The molecule has 1 heterocycles. The van der Waals surface area contributed by atoms with Gasteiger partial charge in [-0.25, -0.2) is 0 Å². The summed E-state index contributed by atoms with van der Waals surface area (Å²) in [4.78, 5) is 2.16. The van der Waals surface area contributed by atoms with Crippen LogP contribution in [0.15, 0.2) is 24.3 Å². The van der Waals surface area contributed by atoms with E-state index in [1.165, 1.54) is 12.1 Å². The molecule has 114 valence electrons. The van der Waals surface area contributed by atoms with E-state index in [2.05, 4.69) is 17.9 Å². The van der Waals surface area contributed by atoms with E-state index in [9.17, 15) is 13.2 Å². The Labute approximate surface area is 123 Å². The van der Waals surface area contributed by atoms with Gasteiger partial charge in [0, 0.05) is 13.0 Å². The molecule has 1 aliphatic heterocycles. The summed E-state index contributed by atoms with van der Waals surface area (Å²) in [6.45, 7) is 4.30. The Bertz CT molecular complexity index is 523. The highest BCUT2D eigenvalue weighted by Crippen LogP contribution is 2.35. The van der Waals surface area contributed by atoms with E-state index in [4.69, 9.17) is 5.26 Å². The Morgan fingerprint density at radius 3 is 2.52 bits per heavy atom. The van der Waals surface area contributed by atoms with Gasteiger partial charge in [-0.1, -0.05) is 25.1 Å². The van der Waals surface area contributed by atoms with Crippen LogP contribution < -0.4 is 0 Å².